The van der Waals surface area contributed by atoms with Crippen molar-refractivity contribution < 1.29 is 9.53 Å². The van der Waals surface area contributed by atoms with Gasteiger partial charge < -0.3 is 10.1 Å². The molecule has 3 heteroatoms. The number of rotatable bonds is 6. The standard InChI is InChI=1S/C10H19NO2/c1-8(7-10(12)13-2)11-6-5-9-3-4-9/h8-9,11H,3-7H2,1-2H3. The van der Waals surface area contributed by atoms with Crippen LogP contribution in [0.2, 0.25) is 0 Å². The molecule has 0 spiro atoms. The zero-order chi connectivity index (χ0) is 9.68. The summed E-state index contributed by atoms with van der Waals surface area (Å²) in [5, 5.41) is 3.32. The number of methoxy groups -OCH3 is 1. The van der Waals surface area contributed by atoms with E-state index in [2.05, 4.69) is 10.1 Å². The molecule has 1 aliphatic carbocycles. The molecule has 1 rings (SSSR count). The minimum Gasteiger partial charge on any atom is -0.469 e. The number of nitrogens with one attached hydrogen (secondary N) is 1. The van der Waals surface area contributed by atoms with E-state index in [4.69, 9.17) is 0 Å². The predicted octanol–water partition coefficient (Wildman–Crippen LogP) is 1.33. The van der Waals surface area contributed by atoms with Crippen LogP contribution in [-0.2, 0) is 9.53 Å². The smallest absolute Gasteiger partial charge is 0.307 e. The second-order valence-corrected chi connectivity index (χ2v) is 3.87. The first-order valence-electron chi connectivity index (χ1n) is 5.02. The van der Waals surface area contributed by atoms with Crippen molar-refractivity contribution in [3.63, 3.8) is 0 Å². The summed E-state index contributed by atoms with van der Waals surface area (Å²) in [4.78, 5) is 10.9. The van der Waals surface area contributed by atoms with Crippen LogP contribution >= 0.6 is 0 Å². The van der Waals surface area contributed by atoms with Crippen molar-refractivity contribution in [2.75, 3.05) is 13.7 Å². The van der Waals surface area contributed by atoms with Gasteiger partial charge in [-0.3, -0.25) is 4.79 Å². The van der Waals surface area contributed by atoms with Gasteiger partial charge in [0.15, 0.2) is 0 Å². The normalized spacial score (nSPS) is 18.3. The Labute approximate surface area is 79.8 Å². The van der Waals surface area contributed by atoms with E-state index in [1.54, 1.807) is 0 Å². The maximum Gasteiger partial charge on any atom is 0.307 e. The Bertz CT molecular complexity index is 166. The number of hydrogen-bond acceptors (Lipinski definition) is 3. The molecule has 3 nitrogen and oxygen atoms in total. The van der Waals surface area contributed by atoms with Gasteiger partial charge in [-0.25, -0.2) is 0 Å². The molecular weight excluding hydrogens is 166 g/mol. The predicted molar refractivity (Wildman–Crippen MR) is 51.4 cm³/mol. The Hall–Kier alpha value is -0.570. The third-order valence-electron chi connectivity index (χ3n) is 2.44. The molecule has 1 fully saturated rings. The van der Waals surface area contributed by atoms with Gasteiger partial charge in [-0.15, -0.1) is 0 Å². The van der Waals surface area contributed by atoms with Gasteiger partial charge in [0.2, 0.25) is 0 Å². The van der Waals surface area contributed by atoms with E-state index >= 15 is 0 Å². The molecule has 0 aromatic heterocycles. The second-order valence-electron chi connectivity index (χ2n) is 3.87. The Morgan fingerprint density at radius 2 is 2.31 bits per heavy atom. The number of esters is 1. The molecule has 1 aliphatic rings. The van der Waals surface area contributed by atoms with Crippen molar-refractivity contribution in [2.45, 2.75) is 38.6 Å². The lowest BCUT2D eigenvalue weighted by molar-refractivity contribution is -0.141. The van der Waals surface area contributed by atoms with E-state index in [0.29, 0.717) is 6.42 Å². The van der Waals surface area contributed by atoms with Crippen LogP contribution in [0.15, 0.2) is 0 Å². The van der Waals surface area contributed by atoms with E-state index in [1.807, 2.05) is 6.92 Å². The molecule has 0 radical (unpaired) electrons. The monoisotopic (exact) mass is 185 g/mol. The van der Waals surface area contributed by atoms with Crippen LogP contribution in [0.1, 0.15) is 32.6 Å². The lowest BCUT2D eigenvalue weighted by Gasteiger charge is -2.11. The quantitative estimate of drug-likeness (QED) is 0.634. The summed E-state index contributed by atoms with van der Waals surface area (Å²) in [6.07, 6.45) is 4.52. The van der Waals surface area contributed by atoms with Gasteiger partial charge in [0.1, 0.15) is 0 Å². The maximum atomic E-state index is 10.9. The van der Waals surface area contributed by atoms with Gasteiger partial charge in [-0.2, -0.15) is 0 Å². The van der Waals surface area contributed by atoms with Crippen LogP contribution < -0.4 is 5.32 Å². The average Bonchev–Trinajstić information content (AvgIpc) is 2.88. The molecule has 1 atom stereocenters. The maximum absolute atomic E-state index is 10.9. The molecule has 13 heavy (non-hydrogen) atoms. The summed E-state index contributed by atoms with van der Waals surface area (Å²) < 4.78 is 4.58. The fourth-order valence-electron chi connectivity index (χ4n) is 1.35. The van der Waals surface area contributed by atoms with Crippen LogP contribution in [0.3, 0.4) is 0 Å². The van der Waals surface area contributed by atoms with Crippen LogP contribution in [0.25, 0.3) is 0 Å². The minimum absolute atomic E-state index is 0.133. The number of hydrogen-bond donors (Lipinski definition) is 1. The molecule has 1 unspecified atom stereocenters. The van der Waals surface area contributed by atoms with E-state index in [1.165, 1.54) is 26.4 Å². The molecule has 1 saturated carbocycles. The highest BCUT2D eigenvalue weighted by Crippen LogP contribution is 2.31. The molecule has 0 aliphatic heterocycles. The van der Waals surface area contributed by atoms with Gasteiger partial charge in [0.05, 0.1) is 13.5 Å². The topological polar surface area (TPSA) is 38.3 Å². The van der Waals surface area contributed by atoms with Crippen molar-refractivity contribution >= 4 is 5.97 Å². The molecule has 0 bridgehead atoms. The molecule has 0 heterocycles. The third kappa shape index (κ3) is 4.88. The lowest BCUT2D eigenvalue weighted by Crippen LogP contribution is -2.29. The SMILES string of the molecule is COC(=O)CC(C)NCCC1CC1. The summed E-state index contributed by atoms with van der Waals surface area (Å²) in [7, 11) is 1.43. The summed E-state index contributed by atoms with van der Waals surface area (Å²) in [6.45, 7) is 3.05. The number of carbonyl (C=O) groups excluding carboxylic acids is 1. The van der Waals surface area contributed by atoms with Crippen LogP contribution in [0.5, 0.6) is 0 Å². The Kier molecular flexibility index (Phi) is 4.22. The zero-order valence-electron chi connectivity index (χ0n) is 8.51. The van der Waals surface area contributed by atoms with Gasteiger partial charge in [0.25, 0.3) is 0 Å². The molecule has 1 N–H and O–H groups in total. The summed E-state index contributed by atoms with van der Waals surface area (Å²) in [5.41, 5.74) is 0. The first-order chi connectivity index (χ1) is 6.22. The molecule has 0 aromatic carbocycles. The van der Waals surface area contributed by atoms with Crippen molar-refractivity contribution in [3.05, 3.63) is 0 Å². The van der Waals surface area contributed by atoms with Crippen molar-refractivity contribution in [3.8, 4) is 0 Å². The highest BCUT2D eigenvalue weighted by Gasteiger charge is 2.20. The summed E-state index contributed by atoms with van der Waals surface area (Å²) >= 11 is 0. The Balaban J connectivity index is 1.95. The Morgan fingerprint density at radius 1 is 1.62 bits per heavy atom. The molecule has 0 aromatic rings. The van der Waals surface area contributed by atoms with Crippen molar-refractivity contribution in [2.24, 2.45) is 5.92 Å². The first kappa shape index (κ1) is 10.5. The van der Waals surface area contributed by atoms with E-state index in [-0.39, 0.29) is 12.0 Å². The lowest BCUT2D eigenvalue weighted by atomic mass is 10.2. The second kappa shape index (κ2) is 5.22. The highest BCUT2D eigenvalue weighted by atomic mass is 16.5. The van der Waals surface area contributed by atoms with Gasteiger partial charge in [-0.1, -0.05) is 12.8 Å². The highest BCUT2D eigenvalue weighted by molar-refractivity contribution is 5.69. The number of ether oxygens (including phenoxy) is 1. The molecule has 0 amide bonds. The van der Waals surface area contributed by atoms with E-state index in [9.17, 15) is 4.79 Å². The van der Waals surface area contributed by atoms with Crippen molar-refractivity contribution in [1.29, 1.82) is 0 Å². The van der Waals surface area contributed by atoms with Crippen LogP contribution in [0, 0.1) is 5.92 Å². The van der Waals surface area contributed by atoms with E-state index < -0.39 is 0 Å². The summed E-state index contributed by atoms with van der Waals surface area (Å²) in [6, 6.07) is 0.242. The minimum atomic E-state index is -0.133. The Morgan fingerprint density at radius 3 is 2.85 bits per heavy atom. The van der Waals surface area contributed by atoms with Gasteiger partial charge in [0, 0.05) is 6.04 Å². The average molecular weight is 185 g/mol. The molecule has 76 valence electrons. The third-order valence-corrected chi connectivity index (χ3v) is 2.44. The van der Waals surface area contributed by atoms with Gasteiger partial charge in [-0.05, 0) is 25.8 Å². The van der Waals surface area contributed by atoms with Crippen LogP contribution in [0.4, 0.5) is 0 Å². The van der Waals surface area contributed by atoms with Crippen LogP contribution in [-0.4, -0.2) is 25.7 Å². The summed E-state index contributed by atoms with van der Waals surface area (Å²) in [5.74, 6) is 0.823. The van der Waals surface area contributed by atoms with Gasteiger partial charge >= 0.3 is 5.97 Å². The molecular formula is C10H19NO2. The zero-order valence-corrected chi connectivity index (χ0v) is 8.51. The molecule has 0 saturated heterocycles. The fraction of sp³-hybridized carbons (Fsp3) is 0.900. The first-order valence-corrected chi connectivity index (χ1v) is 5.02. The van der Waals surface area contributed by atoms with E-state index in [0.717, 1.165) is 12.5 Å². The largest absolute Gasteiger partial charge is 0.469 e. The van der Waals surface area contributed by atoms with Crippen molar-refractivity contribution in [1.82, 2.24) is 5.32 Å². The number of carbonyl (C=O) groups is 1. The fourth-order valence-corrected chi connectivity index (χ4v) is 1.35.